The molecular weight excluding hydrogens is 264 g/mol. The van der Waals surface area contributed by atoms with Gasteiger partial charge in [-0.05, 0) is 25.0 Å². The number of aromatic nitrogens is 3. The highest BCUT2D eigenvalue weighted by Gasteiger charge is 2.20. The van der Waals surface area contributed by atoms with Crippen LogP contribution in [0.15, 0.2) is 40.9 Å². The Balaban J connectivity index is 2.24. The standard InChI is InChI=1S/C16H16N4O/c1-3-13-12(9-10(2)18-19-13)15-14(16(17)21-20-15)11-7-5-4-6-8-11/h4-9H,3,17H2,1-2H3. The van der Waals surface area contributed by atoms with Gasteiger partial charge in [0, 0.05) is 5.56 Å². The highest BCUT2D eigenvalue weighted by Crippen LogP contribution is 2.37. The topological polar surface area (TPSA) is 77.8 Å². The summed E-state index contributed by atoms with van der Waals surface area (Å²) in [7, 11) is 0. The minimum absolute atomic E-state index is 0.313. The first-order valence-electron chi connectivity index (χ1n) is 6.84. The fourth-order valence-corrected chi connectivity index (χ4v) is 2.35. The molecule has 0 unspecified atom stereocenters. The van der Waals surface area contributed by atoms with Gasteiger partial charge in [0.25, 0.3) is 0 Å². The number of nitrogens with two attached hydrogens (primary N) is 1. The Kier molecular flexibility index (Phi) is 3.39. The molecule has 0 spiro atoms. The first-order chi connectivity index (χ1) is 10.2. The lowest BCUT2D eigenvalue weighted by Gasteiger charge is -2.07. The maximum absolute atomic E-state index is 5.98. The number of rotatable bonds is 3. The SMILES string of the molecule is CCc1nnc(C)cc1-c1noc(N)c1-c1ccccc1. The Bertz CT molecular complexity index is 765. The van der Waals surface area contributed by atoms with Gasteiger partial charge in [0.15, 0.2) is 0 Å². The number of aryl methyl sites for hydroxylation is 2. The van der Waals surface area contributed by atoms with Crippen molar-refractivity contribution < 1.29 is 4.52 Å². The van der Waals surface area contributed by atoms with Crippen LogP contribution in [0.4, 0.5) is 5.88 Å². The van der Waals surface area contributed by atoms with Crippen molar-refractivity contribution in [1.29, 1.82) is 0 Å². The summed E-state index contributed by atoms with van der Waals surface area (Å²) in [6, 6.07) is 11.8. The van der Waals surface area contributed by atoms with Gasteiger partial charge in [0.05, 0.1) is 17.0 Å². The van der Waals surface area contributed by atoms with E-state index in [0.717, 1.165) is 34.5 Å². The molecule has 0 amide bonds. The molecule has 2 aromatic heterocycles. The van der Waals surface area contributed by atoms with Gasteiger partial charge in [-0.3, -0.25) is 0 Å². The number of hydrogen-bond donors (Lipinski definition) is 1. The molecule has 0 fully saturated rings. The van der Waals surface area contributed by atoms with Gasteiger partial charge in [-0.2, -0.15) is 10.2 Å². The van der Waals surface area contributed by atoms with E-state index >= 15 is 0 Å². The first kappa shape index (κ1) is 13.3. The lowest BCUT2D eigenvalue weighted by molar-refractivity contribution is 0.439. The Morgan fingerprint density at radius 2 is 1.90 bits per heavy atom. The molecule has 0 aliphatic carbocycles. The monoisotopic (exact) mass is 280 g/mol. The van der Waals surface area contributed by atoms with Gasteiger partial charge in [0.2, 0.25) is 5.88 Å². The zero-order chi connectivity index (χ0) is 14.8. The fraction of sp³-hybridized carbons (Fsp3) is 0.188. The lowest BCUT2D eigenvalue weighted by Crippen LogP contribution is -1.98. The van der Waals surface area contributed by atoms with Gasteiger partial charge < -0.3 is 10.3 Å². The van der Waals surface area contributed by atoms with Gasteiger partial charge in [-0.25, -0.2) is 0 Å². The van der Waals surface area contributed by atoms with Crippen molar-refractivity contribution in [3.8, 4) is 22.4 Å². The van der Waals surface area contributed by atoms with Crippen LogP contribution >= 0.6 is 0 Å². The van der Waals surface area contributed by atoms with Crippen molar-refractivity contribution in [3.05, 3.63) is 47.8 Å². The average molecular weight is 280 g/mol. The Morgan fingerprint density at radius 3 is 2.62 bits per heavy atom. The summed E-state index contributed by atoms with van der Waals surface area (Å²) in [5.74, 6) is 0.313. The average Bonchev–Trinajstić information content (AvgIpc) is 2.89. The largest absolute Gasteiger partial charge is 0.367 e. The van der Waals surface area contributed by atoms with Crippen molar-refractivity contribution in [2.75, 3.05) is 5.73 Å². The van der Waals surface area contributed by atoms with E-state index in [2.05, 4.69) is 15.4 Å². The van der Waals surface area contributed by atoms with E-state index in [1.54, 1.807) is 0 Å². The summed E-state index contributed by atoms with van der Waals surface area (Å²) < 4.78 is 5.22. The van der Waals surface area contributed by atoms with Gasteiger partial charge in [0.1, 0.15) is 5.69 Å². The molecule has 3 rings (SSSR count). The molecular formula is C16H16N4O. The van der Waals surface area contributed by atoms with Crippen LogP contribution in [0.2, 0.25) is 0 Å². The second-order valence-electron chi connectivity index (χ2n) is 4.84. The minimum atomic E-state index is 0.313. The van der Waals surface area contributed by atoms with E-state index in [4.69, 9.17) is 10.3 Å². The Hall–Kier alpha value is -2.69. The van der Waals surface area contributed by atoms with Crippen molar-refractivity contribution in [1.82, 2.24) is 15.4 Å². The maximum Gasteiger partial charge on any atom is 0.230 e. The number of nitrogen functional groups attached to an aromatic ring is 1. The lowest BCUT2D eigenvalue weighted by atomic mass is 9.99. The highest BCUT2D eigenvalue weighted by molar-refractivity contribution is 5.87. The summed E-state index contributed by atoms with van der Waals surface area (Å²) in [6.07, 6.45) is 0.767. The predicted octanol–water partition coefficient (Wildman–Crippen LogP) is 3.25. The number of anilines is 1. The summed E-state index contributed by atoms with van der Waals surface area (Å²) in [4.78, 5) is 0. The van der Waals surface area contributed by atoms with Crippen molar-refractivity contribution in [3.63, 3.8) is 0 Å². The van der Waals surface area contributed by atoms with Crippen LogP contribution in [-0.2, 0) is 6.42 Å². The molecule has 2 heterocycles. The van der Waals surface area contributed by atoms with E-state index in [9.17, 15) is 0 Å². The van der Waals surface area contributed by atoms with Crippen LogP contribution in [0.5, 0.6) is 0 Å². The minimum Gasteiger partial charge on any atom is -0.367 e. The van der Waals surface area contributed by atoms with Crippen molar-refractivity contribution in [2.45, 2.75) is 20.3 Å². The molecule has 5 nitrogen and oxygen atoms in total. The van der Waals surface area contributed by atoms with Crippen LogP contribution in [0.25, 0.3) is 22.4 Å². The van der Waals surface area contributed by atoms with E-state index in [1.807, 2.05) is 50.2 Å². The summed E-state index contributed by atoms with van der Waals surface area (Å²) in [5, 5.41) is 12.5. The number of nitrogens with zero attached hydrogens (tertiary/aromatic N) is 3. The normalized spacial score (nSPS) is 10.8. The number of hydrogen-bond acceptors (Lipinski definition) is 5. The summed E-state index contributed by atoms with van der Waals surface area (Å²) >= 11 is 0. The molecule has 3 aromatic rings. The second kappa shape index (κ2) is 5.36. The van der Waals surface area contributed by atoms with Crippen molar-refractivity contribution in [2.24, 2.45) is 0 Å². The van der Waals surface area contributed by atoms with Crippen LogP contribution in [-0.4, -0.2) is 15.4 Å². The number of benzene rings is 1. The Morgan fingerprint density at radius 1 is 1.14 bits per heavy atom. The smallest absolute Gasteiger partial charge is 0.230 e. The van der Waals surface area contributed by atoms with Gasteiger partial charge in [-0.15, -0.1) is 0 Å². The zero-order valence-electron chi connectivity index (χ0n) is 12.0. The molecule has 0 aliphatic heterocycles. The zero-order valence-corrected chi connectivity index (χ0v) is 12.0. The molecule has 0 bridgehead atoms. The fourth-order valence-electron chi connectivity index (χ4n) is 2.35. The summed E-state index contributed by atoms with van der Waals surface area (Å²) in [5.41, 5.74) is 11.1. The molecule has 0 saturated carbocycles. The van der Waals surface area contributed by atoms with Crippen LogP contribution < -0.4 is 5.73 Å². The van der Waals surface area contributed by atoms with Crippen LogP contribution in [0.3, 0.4) is 0 Å². The molecule has 0 atom stereocenters. The highest BCUT2D eigenvalue weighted by atomic mass is 16.5. The van der Waals surface area contributed by atoms with E-state index in [0.29, 0.717) is 11.6 Å². The van der Waals surface area contributed by atoms with Crippen molar-refractivity contribution >= 4 is 5.88 Å². The third-order valence-corrected chi connectivity index (χ3v) is 3.36. The quantitative estimate of drug-likeness (QED) is 0.796. The predicted molar refractivity (Wildman–Crippen MR) is 81.5 cm³/mol. The molecule has 5 heteroatoms. The third-order valence-electron chi connectivity index (χ3n) is 3.36. The Labute approximate surface area is 122 Å². The van der Waals surface area contributed by atoms with Crippen LogP contribution in [0.1, 0.15) is 18.3 Å². The first-order valence-corrected chi connectivity index (χ1v) is 6.84. The second-order valence-corrected chi connectivity index (χ2v) is 4.84. The maximum atomic E-state index is 5.98. The molecule has 0 radical (unpaired) electrons. The third kappa shape index (κ3) is 2.38. The molecule has 21 heavy (non-hydrogen) atoms. The summed E-state index contributed by atoms with van der Waals surface area (Å²) in [6.45, 7) is 3.94. The van der Waals surface area contributed by atoms with Gasteiger partial charge in [-0.1, -0.05) is 42.4 Å². The molecule has 106 valence electrons. The molecule has 0 saturated heterocycles. The molecule has 0 aliphatic rings. The molecule has 2 N–H and O–H groups in total. The molecule has 1 aromatic carbocycles. The van der Waals surface area contributed by atoms with E-state index in [1.165, 1.54) is 0 Å². The van der Waals surface area contributed by atoms with Gasteiger partial charge >= 0.3 is 0 Å². The van der Waals surface area contributed by atoms with E-state index in [-0.39, 0.29) is 0 Å². The van der Waals surface area contributed by atoms with E-state index < -0.39 is 0 Å². The van der Waals surface area contributed by atoms with Crippen LogP contribution in [0, 0.1) is 6.92 Å².